The van der Waals surface area contributed by atoms with Crippen molar-refractivity contribution in [2.24, 2.45) is 0 Å². The number of carbonyl (C=O) groups excluding carboxylic acids is 1. The number of phenols is 1. The predicted octanol–water partition coefficient (Wildman–Crippen LogP) is 0.374. The Kier molecular flexibility index (Phi) is 3.80. The van der Waals surface area contributed by atoms with Gasteiger partial charge >= 0.3 is 5.97 Å². The van der Waals surface area contributed by atoms with Crippen LogP contribution in [-0.2, 0) is 9.53 Å². The van der Waals surface area contributed by atoms with Gasteiger partial charge in [-0.25, -0.2) is 4.79 Å². The number of ether oxygens (including phenoxy) is 2. The van der Waals surface area contributed by atoms with Crippen molar-refractivity contribution >= 4 is 11.9 Å². The van der Waals surface area contributed by atoms with E-state index >= 15 is 0 Å². The van der Waals surface area contributed by atoms with Crippen LogP contribution >= 0.6 is 0 Å². The van der Waals surface area contributed by atoms with Gasteiger partial charge in [0.25, 0.3) is 5.91 Å². The number of amides is 1. The molecule has 3 N–H and O–H groups in total. The molecule has 1 aliphatic heterocycles. The smallest absolute Gasteiger partial charge is 0.331 e. The fourth-order valence-electron chi connectivity index (χ4n) is 2.01. The first-order valence-electron chi connectivity index (χ1n) is 5.99. The molecule has 7 heteroatoms. The zero-order valence-electron chi connectivity index (χ0n) is 10.9. The van der Waals surface area contributed by atoms with Crippen LogP contribution in [0.3, 0.4) is 0 Å². The maximum atomic E-state index is 12.1. The third kappa shape index (κ3) is 2.53. The fraction of sp³-hybridized carbons (Fsp3) is 0.385. The number of aliphatic carboxylic acids is 1. The zero-order chi connectivity index (χ0) is 14.8. The van der Waals surface area contributed by atoms with E-state index in [0.717, 1.165) is 0 Å². The number of phenolic OH excluding ortho intramolecular Hbond substituents is 1. The van der Waals surface area contributed by atoms with Gasteiger partial charge in [-0.3, -0.25) is 4.79 Å². The summed E-state index contributed by atoms with van der Waals surface area (Å²) in [6.07, 6.45) is 0.205. The topological polar surface area (TPSA) is 105 Å². The first-order chi connectivity index (χ1) is 9.48. The SMILES string of the molecule is COc1ccc(C(=O)NC2(C(=O)O)CCOC2)cc1O. The van der Waals surface area contributed by atoms with Gasteiger partial charge in [0.2, 0.25) is 0 Å². The molecular weight excluding hydrogens is 266 g/mol. The summed E-state index contributed by atoms with van der Waals surface area (Å²) in [5.41, 5.74) is -1.26. The maximum absolute atomic E-state index is 12.1. The minimum Gasteiger partial charge on any atom is -0.504 e. The van der Waals surface area contributed by atoms with E-state index in [-0.39, 0.29) is 36.7 Å². The van der Waals surface area contributed by atoms with E-state index in [9.17, 15) is 19.8 Å². The summed E-state index contributed by atoms with van der Waals surface area (Å²) >= 11 is 0. The number of nitrogens with one attached hydrogen (secondary N) is 1. The highest BCUT2D eigenvalue weighted by Crippen LogP contribution is 2.27. The molecule has 1 amide bonds. The molecule has 1 aromatic carbocycles. The summed E-state index contributed by atoms with van der Waals surface area (Å²) in [4.78, 5) is 23.4. The normalized spacial score (nSPS) is 21.4. The van der Waals surface area contributed by atoms with Gasteiger partial charge in [0.15, 0.2) is 17.0 Å². The Balaban J connectivity index is 2.19. The lowest BCUT2D eigenvalue weighted by Gasteiger charge is -2.23. The Morgan fingerprint density at radius 3 is 2.70 bits per heavy atom. The van der Waals surface area contributed by atoms with Gasteiger partial charge in [0.1, 0.15) is 0 Å². The molecular formula is C13H15NO6. The molecule has 0 aromatic heterocycles. The van der Waals surface area contributed by atoms with E-state index in [1.807, 2.05) is 0 Å². The lowest BCUT2D eigenvalue weighted by atomic mass is 9.98. The third-order valence-corrected chi connectivity index (χ3v) is 3.22. The molecule has 2 rings (SSSR count). The summed E-state index contributed by atoms with van der Waals surface area (Å²) in [5.74, 6) is -1.68. The van der Waals surface area contributed by atoms with Crippen molar-refractivity contribution in [2.45, 2.75) is 12.0 Å². The van der Waals surface area contributed by atoms with Crippen molar-refractivity contribution < 1.29 is 29.3 Å². The first-order valence-corrected chi connectivity index (χ1v) is 5.99. The van der Waals surface area contributed by atoms with Gasteiger partial charge in [-0.2, -0.15) is 0 Å². The Morgan fingerprint density at radius 1 is 1.45 bits per heavy atom. The molecule has 1 saturated heterocycles. The quantitative estimate of drug-likeness (QED) is 0.736. The summed E-state index contributed by atoms with van der Waals surface area (Å²) in [7, 11) is 1.39. The molecule has 1 fully saturated rings. The monoisotopic (exact) mass is 281 g/mol. The van der Waals surface area contributed by atoms with E-state index in [1.165, 1.54) is 25.3 Å². The summed E-state index contributed by atoms with van der Waals surface area (Å²) in [5, 5.41) is 21.3. The van der Waals surface area contributed by atoms with Crippen molar-refractivity contribution in [1.82, 2.24) is 5.32 Å². The average molecular weight is 281 g/mol. The fourth-order valence-corrected chi connectivity index (χ4v) is 2.01. The van der Waals surface area contributed by atoms with Gasteiger partial charge in [-0.05, 0) is 18.2 Å². The second-order valence-corrected chi connectivity index (χ2v) is 4.53. The highest BCUT2D eigenvalue weighted by Gasteiger charge is 2.44. The molecule has 7 nitrogen and oxygen atoms in total. The number of hydrogen-bond acceptors (Lipinski definition) is 5. The Morgan fingerprint density at radius 2 is 2.20 bits per heavy atom. The number of carboxylic acids is 1. The molecule has 1 heterocycles. The number of aromatic hydroxyl groups is 1. The van der Waals surface area contributed by atoms with E-state index in [1.54, 1.807) is 0 Å². The second kappa shape index (κ2) is 5.38. The van der Waals surface area contributed by atoms with Crippen LogP contribution in [0.4, 0.5) is 0 Å². The Bertz CT molecular complexity index is 536. The van der Waals surface area contributed by atoms with Gasteiger partial charge in [0.05, 0.1) is 13.7 Å². The molecule has 0 spiro atoms. The van der Waals surface area contributed by atoms with Gasteiger partial charge in [0, 0.05) is 18.6 Å². The van der Waals surface area contributed by atoms with Crippen molar-refractivity contribution in [3.63, 3.8) is 0 Å². The molecule has 1 atom stereocenters. The zero-order valence-corrected chi connectivity index (χ0v) is 10.9. The number of methoxy groups -OCH3 is 1. The van der Waals surface area contributed by atoms with Crippen LogP contribution < -0.4 is 10.1 Å². The Labute approximate surface area is 115 Å². The molecule has 20 heavy (non-hydrogen) atoms. The largest absolute Gasteiger partial charge is 0.504 e. The number of benzene rings is 1. The third-order valence-electron chi connectivity index (χ3n) is 3.22. The van der Waals surface area contributed by atoms with Gasteiger partial charge in [-0.1, -0.05) is 0 Å². The van der Waals surface area contributed by atoms with Gasteiger partial charge < -0.3 is 25.0 Å². The lowest BCUT2D eigenvalue weighted by molar-refractivity contribution is -0.144. The minimum atomic E-state index is -1.41. The highest BCUT2D eigenvalue weighted by molar-refractivity contribution is 5.98. The minimum absolute atomic E-state index is 0.0732. The van der Waals surface area contributed by atoms with Crippen molar-refractivity contribution in [1.29, 1.82) is 0 Å². The van der Waals surface area contributed by atoms with E-state index < -0.39 is 17.4 Å². The predicted molar refractivity (Wildman–Crippen MR) is 67.9 cm³/mol. The van der Waals surface area contributed by atoms with Crippen molar-refractivity contribution in [3.8, 4) is 11.5 Å². The van der Waals surface area contributed by atoms with Crippen molar-refractivity contribution in [3.05, 3.63) is 23.8 Å². The average Bonchev–Trinajstić information content (AvgIpc) is 2.88. The molecule has 0 radical (unpaired) electrons. The van der Waals surface area contributed by atoms with Crippen molar-refractivity contribution in [2.75, 3.05) is 20.3 Å². The number of hydrogen-bond donors (Lipinski definition) is 3. The van der Waals surface area contributed by atoms with Crippen LogP contribution in [0.5, 0.6) is 11.5 Å². The van der Waals surface area contributed by atoms with Crippen LogP contribution in [0, 0.1) is 0 Å². The van der Waals surface area contributed by atoms with Crippen LogP contribution in [0.25, 0.3) is 0 Å². The standard InChI is InChI=1S/C13H15NO6/c1-19-10-3-2-8(6-9(10)15)11(16)14-13(12(17)18)4-5-20-7-13/h2-3,6,15H,4-5,7H2,1H3,(H,14,16)(H,17,18). The van der Waals surface area contributed by atoms with Crippen LogP contribution in [-0.4, -0.2) is 48.0 Å². The summed E-state index contributed by atoms with van der Waals surface area (Å²) < 4.78 is 9.93. The van der Waals surface area contributed by atoms with Gasteiger partial charge in [-0.15, -0.1) is 0 Å². The Hall–Kier alpha value is -2.28. The molecule has 0 aliphatic carbocycles. The molecule has 1 aromatic rings. The second-order valence-electron chi connectivity index (χ2n) is 4.53. The number of carbonyl (C=O) groups is 2. The van der Waals surface area contributed by atoms with Crippen LogP contribution in [0.2, 0.25) is 0 Å². The highest BCUT2D eigenvalue weighted by atomic mass is 16.5. The van der Waals surface area contributed by atoms with E-state index in [2.05, 4.69) is 5.32 Å². The first kappa shape index (κ1) is 14.1. The molecule has 0 saturated carbocycles. The summed E-state index contributed by atoms with van der Waals surface area (Å²) in [6.45, 7) is 0.205. The number of rotatable bonds is 4. The van der Waals surface area contributed by atoms with E-state index in [4.69, 9.17) is 9.47 Å². The number of carboxylic acid groups (broad SMARTS) is 1. The molecule has 1 unspecified atom stereocenters. The molecule has 1 aliphatic rings. The maximum Gasteiger partial charge on any atom is 0.331 e. The summed E-state index contributed by atoms with van der Waals surface area (Å²) in [6, 6.07) is 4.10. The molecule has 108 valence electrons. The van der Waals surface area contributed by atoms with E-state index in [0.29, 0.717) is 0 Å². The molecule has 0 bridgehead atoms. The lowest BCUT2D eigenvalue weighted by Crippen LogP contribution is -2.55. The van der Waals surface area contributed by atoms with Crippen LogP contribution in [0.1, 0.15) is 16.8 Å². The van der Waals surface area contributed by atoms with Crippen LogP contribution in [0.15, 0.2) is 18.2 Å².